The maximum atomic E-state index is 12.0. The molecule has 0 saturated heterocycles. The summed E-state index contributed by atoms with van der Waals surface area (Å²) in [7, 11) is 0. The van der Waals surface area contributed by atoms with Crippen molar-refractivity contribution in [3.63, 3.8) is 0 Å². The molecule has 6 heteroatoms. The predicted molar refractivity (Wildman–Crippen MR) is 84.7 cm³/mol. The van der Waals surface area contributed by atoms with Gasteiger partial charge in [0.15, 0.2) is 0 Å². The molecule has 1 aromatic carbocycles. The van der Waals surface area contributed by atoms with Gasteiger partial charge in [-0.25, -0.2) is 9.59 Å². The number of nitrogens with one attached hydrogen (secondary N) is 2. The van der Waals surface area contributed by atoms with Crippen molar-refractivity contribution in [2.75, 3.05) is 11.9 Å². The number of hydrogen-bond acceptors (Lipinski definition) is 2. The molecule has 21 heavy (non-hydrogen) atoms. The van der Waals surface area contributed by atoms with Gasteiger partial charge in [0.2, 0.25) is 0 Å². The third kappa shape index (κ3) is 3.56. The van der Waals surface area contributed by atoms with Crippen molar-refractivity contribution in [3.8, 4) is 0 Å². The number of anilines is 1. The van der Waals surface area contributed by atoms with E-state index in [1.54, 1.807) is 12.1 Å². The third-order valence-electron chi connectivity index (χ3n) is 4.27. The monoisotopic (exact) mass is 354 g/mol. The van der Waals surface area contributed by atoms with Gasteiger partial charge in [0.25, 0.3) is 0 Å². The highest BCUT2D eigenvalue weighted by Crippen LogP contribution is 2.43. The number of aromatic carboxylic acids is 1. The molecule has 0 aliphatic heterocycles. The number of carboxylic acids is 1. The molecular formula is C15H19BrN2O3. The van der Waals surface area contributed by atoms with Crippen molar-refractivity contribution >= 4 is 33.6 Å². The second-order valence-corrected chi connectivity index (χ2v) is 6.34. The van der Waals surface area contributed by atoms with Crippen LogP contribution < -0.4 is 10.6 Å². The SMILES string of the molecule is CCC1(CNC(=O)Nc2c(Br)cccc2C(=O)O)CCC1. The number of hydrogen-bond donors (Lipinski definition) is 3. The number of amides is 2. The molecule has 3 N–H and O–H groups in total. The average Bonchev–Trinajstić information content (AvgIpc) is 2.40. The van der Waals surface area contributed by atoms with E-state index in [0.717, 1.165) is 19.3 Å². The number of carbonyl (C=O) groups is 2. The summed E-state index contributed by atoms with van der Waals surface area (Å²) in [5.74, 6) is -1.07. The van der Waals surface area contributed by atoms with Crippen LogP contribution in [0.5, 0.6) is 0 Å². The Morgan fingerprint density at radius 1 is 1.38 bits per heavy atom. The molecule has 1 aromatic rings. The fraction of sp³-hybridized carbons (Fsp3) is 0.467. The first kappa shape index (κ1) is 15.8. The van der Waals surface area contributed by atoms with E-state index in [-0.39, 0.29) is 22.7 Å². The average molecular weight is 355 g/mol. The molecule has 0 bridgehead atoms. The van der Waals surface area contributed by atoms with E-state index in [9.17, 15) is 9.59 Å². The molecule has 0 radical (unpaired) electrons. The van der Waals surface area contributed by atoms with Crippen molar-refractivity contribution < 1.29 is 14.7 Å². The number of benzene rings is 1. The zero-order valence-corrected chi connectivity index (χ0v) is 13.5. The molecule has 1 fully saturated rings. The van der Waals surface area contributed by atoms with Crippen LogP contribution in [0.25, 0.3) is 0 Å². The van der Waals surface area contributed by atoms with Crippen LogP contribution in [0.4, 0.5) is 10.5 Å². The van der Waals surface area contributed by atoms with Gasteiger partial charge in [0.05, 0.1) is 11.3 Å². The van der Waals surface area contributed by atoms with Gasteiger partial charge in [-0.3, -0.25) is 0 Å². The summed E-state index contributed by atoms with van der Waals surface area (Å²) in [4.78, 5) is 23.2. The smallest absolute Gasteiger partial charge is 0.337 e. The highest BCUT2D eigenvalue weighted by atomic mass is 79.9. The highest BCUT2D eigenvalue weighted by molar-refractivity contribution is 9.10. The number of urea groups is 1. The van der Waals surface area contributed by atoms with E-state index in [0.29, 0.717) is 11.0 Å². The Kier molecular flexibility index (Phi) is 4.88. The Hall–Kier alpha value is -1.56. The fourth-order valence-corrected chi connectivity index (χ4v) is 3.05. The zero-order valence-electron chi connectivity index (χ0n) is 11.9. The molecule has 5 nitrogen and oxygen atoms in total. The molecule has 0 aromatic heterocycles. The maximum absolute atomic E-state index is 12.0. The lowest BCUT2D eigenvalue weighted by Gasteiger charge is -2.41. The molecule has 0 spiro atoms. The minimum absolute atomic E-state index is 0.0633. The summed E-state index contributed by atoms with van der Waals surface area (Å²) < 4.78 is 0.548. The highest BCUT2D eigenvalue weighted by Gasteiger charge is 2.35. The summed E-state index contributed by atoms with van der Waals surface area (Å²) >= 11 is 3.27. The van der Waals surface area contributed by atoms with Crippen LogP contribution in [0, 0.1) is 5.41 Å². The topological polar surface area (TPSA) is 78.4 Å². The van der Waals surface area contributed by atoms with E-state index in [4.69, 9.17) is 5.11 Å². The Labute approximate surface area is 132 Å². The van der Waals surface area contributed by atoms with Crippen molar-refractivity contribution in [2.45, 2.75) is 32.6 Å². The third-order valence-corrected chi connectivity index (χ3v) is 4.93. The van der Waals surface area contributed by atoms with Gasteiger partial charge in [0, 0.05) is 11.0 Å². The Balaban J connectivity index is 2.01. The number of halogens is 1. The number of rotatable bonds is 5. The molecule has 0 unspecified atom stereocenters. The van der Waals surface area contributed by atoms with Gasteiger partial charge in [-0.1, -0.05) is 19.4 Å². The van der Waals surface area contributed by atoms with Crippen molar-refractivity contribution in [1.29, 1.82) is 0 Å². The first-order valence-electron chi connectivity index (χ1n) is 7.04. The lowest BCUT2D eigenvalue weighted by Crippen LogP contribution is -2.43. The standard InChI is InChI=1S/C15H19BrN2O3/c1-2-15(7-4-8-15)9-17-14(21)18-12-10(13(19)20)5-3-6-11(12)16/h3,5-6H,2,4,7-9H2,1H3,(H,19,20)(H2,17,18,21). The summed E-state index contributed by atoms with van der Waals surface area (Å²) in [5, 5.41) is 14.6. The second-order valence-electron chi connectivity index (χ2n) is 5.48. The molecule has 0 atom stereocenters. The summed E-state index contributed by atoms with van der Waals surface area (Å²) in [6.07, 6.45) is 4.53. The molecule has 1 aliphatic rings. The normalized spacial score (nSPS) is 15.9. The van der Waals surface area contributed by atoms with E-state index in [1.165, 1.54) is 12.5 Å². The molecule has 2 rings (SSSR count). The van der Waals surface area contributed by atoms with Crippen LogP contribution in [0.15, 0.2) is 22.7 Å². The van der Waals surface area contributed by atoms with Gasteiger partial charge >= 0.3 is 12.0 Å². The summed E-state index contributed by atoms with van der Waals surface area (Å²) in [6.45, 7) is 2.76. The molecule has 2 amide bonds. The number of carbonyl (C=O) groups excluding carboxylic acids is 1. The van der Waals surface area contributed by atoms with E-state index < -0.39 is 5.97 Å². The predicted octanol–water partition coefficient (Wildman–Crippen LogP) is 3.85. The molecule has 1 aliphatic carbocycles. The Morgan fingerprint density at radius 2 is 2.10 bits per heavy atom. The fourth-order valence-electron chi connectivity index (χ4n) is 2.59. The Bertz CT molecular complexity index is 550. The first-order chi connectivity index (χ1) is 9.97. The largest absolute Gasteiger partial charge is 0.478 e. The van der Waals surface area contributed by atoms with Crippen LogP contribution in [-0.2, 0) is 0 Å². The van der Waals surface area contributed by atoms with Gasteiger partial charge in [-0.2, -0.15) is 0 Å². The van der Waals surface area contributed by atoms with Crippen LogP contribution in [0.3, 0.4) is 0 Å². The zero-order chi connectivity index (χ0) is 15.5. The summed E-state index contributed by atoms with van der Waals surface area (Å²) in [5.41, 5.74) is 0.566. The molecule has 114 valence electrons. The van der Waals surface area contributed by atoms with Crippen molar-refractivity contribution in [1.82, 2.24) is 5.32 Å². The van der Waals surface area contributed by atoms with Crippen LogP contribution in [0.1, 0.15) is 43.0 Å². The van der Waals surface area contributed by atoms with Crippen LogP contribution >= 0.6 is 15.9 Å². The van der Waals surface area contributed by atoms with Crippen LogP contribution in [-0.4, -0.2) is 23.7 Å². The number of para-hydroxylation sites is 1. The minimum Gasteiger partial charge on any atom is -0.478 e. The van der Waals surface area contributed by atoms with E-state index >= 15 is 0 Å². The molecule has 0 heterocycles. The minimum atomic E-state index is -1.07. The quantitative estimate of drug-likeness (QED) is 0.751. The van der Waals surface area contributed by atoms with Crippen molar-refractivity contribution in [2.24, 2.45) is 5.41 Å². The lowest BCUT2D eigenvalue weighted by atomic mass is 9.67. The van der Waals surface area contributed by atoms with Gasteiger partial charge in [-0.05, 0) is 52.7 Å². The number of carboxylic acid groups (broad SMARTS) is 1. The van der Waals surface area contributed by atoms with Gasteiger partial charge in [0.1, 0.15) is 0 Å². The van der Waals surface area contributed by atoms with Gasteiger partial charge < -0.3 is 15.7 Å². The van der Waals surface area contributed by atoms with Crippen LogP contribution in [0.2, 0.25) is 0 Å². The van der Waals surface area contributed by atoms with Crippen molar-refractivity contribution in [3.05, 3.63) is 28.2 Å². The first-order valence-corrected chi connectivity index (χ1v) is 7.83. The molecule has 1 saturated carbocycles. The second kappa shape index (κ2) is 6.47. The molecular weight excluding hydrogens is 336 g/mol. The van der Waals surface area contributed by atoms with E-state index in [1.807, 2.05) is 0 Å². The maximum Gasteiger partial charge on any atom is 0.337 e. The van der Waals surface area contributed by atoms with Gasteiger partial charge in [-0.15, -0.1) is 0 Å². The lowest BCUT2D eigenvalue weighted by molar-refractivity contribution is 0.0698. The van der Waals surface area contributed by atoms with E-state index in [2.05, 4.69) is 33.5 Å². The summed E-state index contributed by atoms with van der Waals surface area (Å²) in [6, 6.07) is 4.41. The Morgan fingerprint density at radius 3 is 2.62 bits per heavy atom.